The van der Waals surface area contributed by atoms with Crippen LogP contribution in [0.1, 0.15) is 34.0 Å². The SMILES string of the molecule is O=Cc1ccc(-c2ccc(C3CC3)s2)cc1. The van der Waals surface area contributed by atoms with E-state index >= 15 is 0 Å². The predicted octanol–water partition coefficient (Wildman–Crippen LogP) is 4.11. The summed E-state index contributed by atoms with van der Waals surface area (Å²) in [6, 6.07) is 12.2. The zero-order valence-electron chi connectivity index (χ0n) is 8.85. The second kappa shape index (κ2) is 3.87. The molecule has 3 rings (SSSR count). The maximum Gasteiger partial charge on any atom is 0.150 e. The molecule has 0 aliphatic heterocycles. The molecule has 1 aromatic carbocycles. The molecule has 1 heterocycles. The number of carbonyl (C=O) groups is 1. The van der Waals surface area contributed by atoms with Gasteiger partial charge >= 0.3 is 0 Å². The molecule has 2 heteroatoms. The van der Waals surface area contributed by atoms with Gasteiger partial charge in [0.15, 0.2) is 0 Å². The molecule has 1 aromatic heterocycles. The van der Waals surface area contributed by atoms with E-state index in [2.05, 4.69) is 12.1 Å². The van der Waals surface area contributed by atoms with E-state index in [1.807, 2.05) is 35.6 Å². The van der Waals surface area contributed by atoms with Gasteiger partial charge in [0.05, 0.1) is 0 Å². The van der Waals surface area contributed by atoms with Gasteiger partial charge in [-0.3, -0.25) is 4.79 Å². The molecular weight excluding hydrogens is 216 g/mol. The van der Waals surface area contributed by atoms with Gasteiger partial charge in [-0.2, -0.15) is 0 Å². The van der Waals surface area contributed by atoms with E-state index in [-0.39, 0.29) is 0 Å². The lowest BCUT2D eigenvalue weighted by atomic mass is 10.1. The monoisotopic (exact) mass is 228 g/mol. The second-order valence-corrected chi connectivity index (χ2v) is 5.33. The Labute approximate surface area is 98.7 Å². The Bertz CT molecular complexity index is 506. The highest BCUT2D eigenvalue weighted by atomic mass is 32.1. The molecule has 0 spiro atoms. The Balaban J connectivity index is 1.91. The zero-order chi connectivity index (χ0) is 11.0. The quantitative estimate of drug-likeness (QED) is 0.723. The summed E-state index contributed by atoms with van der Waals surface area (Å²) < 4.78 is 0. The molecule has 1 saturated carbocycles. The summed E-state index contributed by atoms with van der Waals surface area (Å²) in [6.45, 7) is 0. The van der Waals surface area contributed by atoms with Crippen LogP contribution >= 0.6 is 11.3 Å². The van der Waals surface area contributed by atoms with Crippen molar-refractivity contribution in [3.8, 4) is 10.4 Å². The molecule has 16 heavy (non-hydrogen) atoms. The first kappa shape index (κ1) is 9.79. The van der Waals surface area contributed by atoms with Gasteiger partial charge in [-0.25, -0.2) is 0 Å². The molecule has 0 unspecified atom stereocenters. The van der Waals surface area contributed by atoms with Crippen molar-refractivity contribution in [1.82, 2.24) is 0 Å². The third-order valence-corrected chi connectivity index (χ3v) is 4.23. The van der Waals surface area contributed by atoms with E-state index in [0.29, 0.717) is 0 Å². The smallest absolute Gasteiger partial charge is 0.150 e. The topological polar surface area (TPSA) is 17.1 Å². The van der Waals surface area contributed by atoms with Crippen molar-refractivity contribution in [2.45, 2.75) is 18.8 Å². The van der Waals surface area contributed by atoms with Gasteiger partial charge in [0.25, 0.3) is 0 Å². The number of carbonyl (C=O) groups excluding carboxylic acids is 1. The summed E-state index contributed by atoms with van der Waals surface area (Å²) in [7, 11) is 0. The Morgan fingerprint density at radius 1 is 1.06 bits per heavy atom. The standard InChI is InChI=1S/C14H12OS/c15-9-10-1-3-11(4-2-10)13-7-8-14(16-13)12-5-6-12/h1-4,7-9,12H,5-6H2. The van der Waals surface area contributed by atoms with Crippen molar-refractivity contribution < 1.29 is 4.79 Å². The van der Waals surface area contributed by atoms with Crippen LogP contribution in [-0.2, 0) is 0 Å². The fourth-order valence-electron chi connectivity index (χ4n) is 1.82. The third kappa shape index (κ3) is 1.81. The van der Waals surface area contributed by atoms with Gasteiger partial charge in [-0.05, 0) is 36.5 Å². The fraction of sp³-hybridized carbons (Fsp3) is 0.214. The molecule has 0 saturated heterocycles. The van der Waals surface area contributed by atoms with Crippen molar-refractivity contribution in [3.05, 3.63) is 46.8 Å². The maximum atomic E-state index is 10.6. The van der Waals surface area contributed by atoms with E-state index in [1.165, 1.54) is 28.2 Å². The molecule has 1 nitrogen and oxygen atoms in total. The molecule has 80 valence electrons. The molecule has 1 aliphatic rings. The summed E-state index contributed by atoms with van der Waals surface area (Å²) in [5.74, 6) is 0.827. The van der Waals surface area contributed by atoms with Crippen molar-refractivity contribution in [1.29, 1.82) is 0 Å². The summed E-state index contributed by atoms with van der Waals surface area (Å²) in [4.78, 5) is 13.4. The highest BCUT2D eigenvalue weighted by Gasteiger charge is 2.25. The molecular formula is C14H12OS. The van der Waals surface area contributed by atoms with Gasteiger partial charge in [-0.1, -0.05) is 24.3 Å². The average Bonchev–Trinajstić information content (AvgIpc) is 3.08. The molecule has 0 bridgehead atoms. The van der Waals surface area contributed by atoms with Crippen LogP contribution in [0.15, 0.2) is 36.4 Å². The van der Waals surface area contributed by atoms with Crippen LogP contribution in [0.5, 0.6) is 0 Å². The largest absolute Gasteiger partial charge is 0.298 e. The van der Waals surface area contributed by atoms with E-state index in [9.17, 15) is 4.79 Å². The first-order valence-corrected chi connectivity index (χ1v) is 6.34. The predicted molar refractivity (Wildman–Crippen MR) is 67.1 cm³/mol. The van der Waals surface area contributed by atoms with Crippen molar-refractivity contribution in [2.24, 2.45) is 0 Å². The first-order chi connectivity index (χ1) is 7.86. The van der Waals surface area contributed by atoms with Crippen LogP contribution < -0.4 is 0 Å². The molecule has 1 fully saturated rings. The number of rotatable bonds is 3. The second-order valence-electron chi connectivity index (χ2n) is 4.22. The minimum atomic E-state index is 0.739. The summed E-state index contributed by atoms with van der Waals surface area (Å²) >= 11 is 1.88. The van der Waals surface area contributed by atoms with Gasteiger partial charge in [0.1, 0.15) is 6.29 Å². The van der Waals surface area contributed by atoms with E-state index in [4.69, 9.17) is 0 Å². The van der Waals surface area contributed by atoms with Gasteiger partial charge in [0.2, 0.25) is 0 Å². The number of thiophene rings is 1. The van der Waals surface area contributed by atoms with E-state index < -0.39 is 0 Å². The fourth-order valence-corrected chi connectivity index (χ4v) is 3.00. The van der Waals surface area contributed by atoms with Gasteiger partial charge in [-0.15, -0.1) is 11.3 Å². The van der Waals surface area contributed by atoms with Crippen molar-refractivity contribution >= 4 is 17.6 Å². The van der Waals surface area contributed by atoms with Gasteiger partial charge < -0.3 is 0 Å². The Hall–Kier alpha value is -1.41. The number of hydrogen-bond acceptors (Lipinski definition) is 2. The summed E-state index contributed by atoms with van der Waals surface area (Å²) in [5.41, 5.74) is 1.95. The summed E-state index contributed by atoms with van der Waals surface area (Å²) in [6.07, 6.45) is 3.59. The van der Waals surface area contributed by atoms with Crippen LogP contribution in [0, 0.1) is 0 Å². The van der Waals surface area contributed by atoms with Crippen LogP contribution in [0.3, 0.4) is 0 Å². The molecule has 0 amide bonds. The van der Waals surface area contributed by atoms with E-state index in [1.54, 1.807) is 0 Å². The van der Waals surface area contributed by atoms with Crippen LogP contribution in [0.4, 0.5) is 0 Å². The number of benzene rings is 1. The molecule has 2 aromatic rings. The lowest BCUT2D eigenvalue weighted by Crippen LogP contribution is -1.78. The normalized spacial score (nSPS) is 15.0. The van der Waals surface area contributed by atoms with Crippen LogP contribution in [-0.4, -0.2) is 6.29 Å². The Kier molecular flexibility index (Phi) is 2.37. The van der Waals surface area contributed by atoms with Crippen molar-refractivity contribution in [2.75, 3.05) is 0 Å². The lowest BCUT2D eigenvalue weighted by molar-refractivity contribution is 0.112. The Morgan fingerprint density at radius 3 is 2.44 bits per heavy atom. The van der Waals surface area contributed by atoms with Crippen LogP contribution in [0.25, 0.3) is 10.4 Å². The minimum Gasteiger partial charge on any atom is -0.298 e. The minimum absolute atomic E-state index is 0.739. The Morgan fingerprint density at radius 2 is 1.81 bits per heavy atom. The van der Waals surface area contributed by atoms with Crippen LogP contribution in [0.2, 0.25) is 0 Å². The highest BCUT2D eigenvalue weighted by Crippen LogP contribution is 2.44. The molecule has 0 N–H and O–H groups in total. The number of aldehydes is 1. The van der Waals surface area contributed by atoms with E-state index in [0.717, 1.165) is 17.8 Å². The molecule has 0 radical (unpaired) electrons. The van der Waals surface area contributed by atoms with Gasteiger partial charge in [0, 0.05) is 15.3 Å². The lowest BCUT2D eigenvalue weighted by Gasteiger charge is -1.97. The van der Waals surface area contributed by atoms with Crippen molar-refractivity contribution in [3.63, 3.8) is 0 Å². The highest BCUT2D eigenvalue weighted by molar-refractivity contribution is 7.15. The molecule has 0 atom stereocenters. The number of hydrogen-bond donors (Lipinski definition) is 0. The molecule has 1 aliphatic carbocycles. The maximum absolute atomic E-state index is 10.6. The average molecular weight is 228 g/mol. The summed E-state index contributed by atoms with van der Waals surface area (Å²) in [5, 5.41) is 0. The first-order valence-electron chi connectivity index (χ1n) is 5.52. The third-order valence-electron chi connectivity index (χ3n) is 2.94. The zero-order valence-corrected chi connectivity index (χ0v) is 9.67.